The van der Waals surface area contributed by atoms with Crippen LogP contribution in [0.25, 0.3) is 10.8 Å². The molecule has 2 aromatic carbocycles. The maximum absolute atomic E-state index is 11.2. The zero-order valence-corrected chi connectivity index (χ0v) is 13.2. The van der Waals surface area contributed by atoms with Crippen LogP contribution in [0.1, 0.15) is 0 Å². The Bertz CT molecular complexity index is 926. The van der Waals surface area contributed by atoms with Crippen molar-refractivity contribution in [3.8, 4) is 5.75 Å². The smallest absolute Gasteiger partial charge is 0.744 e. The number of fused-ring (bicyclic) bond motifs is 1. The molecule has 0 aliphatic heterocycles. The van der Waals surface area contributed by atoms with Gasteiger partial charge in [-0.15, -0.1) is 0 Å². The van der Waals surface area contributed by atoms with Crippen molar-refractivity contribution in [2.45, 2.75) is 9.79 Å². The summed E-state index contributed by atoms with van der Waals surface area (Å²) in [5.41, 5.74) is 4.87. The summed E-state index contributed by atoms with van der Waals surface area (Å²) in [7, 11) is -10.2. The van der Waals surface area contributed by atoms with Crippen LogP contribution in [0.15, 0.2) is 34.1 Å². The minimum atomic E-state index is -5.11. The molecule has 0 saturated heterocycles. The van der Waals surface area contributed by atoms with Crippen molar-refractivity contribution in [1.29, 1.82) is 0 Å². The molecule has 0 aromatic heterocycles. The summed E-state index contributed by atoms with van der Waals surface area (Å²) in [6.07, 6.45) is 0. The second kappa shape index (κ2) is 6.83. The normalized spacial score (nSPS) is 11.5. The topological polar surface area (TPSA) is 161 Å². The molecule has 2 rings (SSSR count). The maximum atomic E-state index is 11.2. The van der Waals surface area contributed by atoms with Crippen LogP contribution in [-0.4, -0.2) is 31.0 Å². The average Bonchev–Trinajstić information content (AvgIpc) is 2.25. The predicted molar refractivity (Wildman–Crippen MR) is 66.0 cm³/mol. The molecule has 0 amide bonds. The van der Waals surface area contributed by atoms with E-state index in [0.717, 1.165) is 12.1 Å². The molecule has 12 heteroatoms. The van der Waals surface area contributed by atoms with Crippen molar-refractivity contribution in [2.75, 3.05) is 5.73 Å². The van der Waals surface area contributed by atoms with E-state index < -0.39 is 41.5 Å². The molecule has 0 fully saturated rings. The molecule has 0 atom stereocenters. The summed E-state index contributed by atoms with van der Waals surface area (Å²) < 4.78 is 66.7. The van der Waals surface area contributed by atoms with Crippen LogP contribution in [0.3, 0.4) is 0 Å². The molecule has 0 bridgehead atoms. The Morgan fingerprint density at radius 1 is 0.955 bits per heavy atom. The fraction of sp³-hybridized carbons (Fsp3) is 0. The summed E-state index contributed by atoms with van der Waals surface area (Å²) in [4.78, 5) is -2.01. The van der Waals surface area contributed by atoms with Gasteiger partial charge in [0.15, 0.2) is 0 Å². The van der Waals surface area contributed by atoms with E-state index in [4.69, 9.17) is 5.73 Å². The van der Waals surface area contributed by atoms with Crippen molar-refractivity contribution < 1.29 is 68.8 Å². The van der Waals surface area contributed by atoms with Gasteiger partial charge in [-0.1, -0.05) is 12.1 Å². The van der Waals surface area contributed by atoms with Crippen molar-refractivity contribution in [3.05, 3.63) is 24.3 Å². The minimum Gasteiger partial charge on any atom is -0.744 e. The Kier molecular flexibility index (Phi) is 6.62. The number of nitrogens with two attached hydrogens (primary N) is 1. The van der Waals surface area contributed by atoms with Gasteiger partial charge in [-0.2, -0.15) is 0 Å². The number of hydrogen-bond acceptors (Lipinski definition) is 8. The molecule has 0 unspecified atom stereocenters. The Balaban J connectivity index is 0.00000220. The number of phenolic OH excluding ortho intramolecular Hbond substituents is 1. The monoisotopic (exact) mass is 331 g/mol. The predicted octanol–water partition coefficient (Wildman–Crippen LogP) is -6.06. The first-order valence-corrected chi connectivity index (χ1v) is 7.81. The summed E-state index contributed by atoms with van der Waals surface area (Å²) >= 11 is 0. The van der Waals surface area contributed by atoms with E-state index in [9.17, 15) is 31.0 Å². The van der Waals surface area contributed by atoms with Crippen LogP contribution in [0.4, 0.5) is 5.69 Å². The first kappa shape index (κ1) is 21.3. The van der Waals surface area contributed by atoms with E-state index in [-0.39, 0.29) is 48.5 Å². The van der Waals surface area contributed by atoms with Gasteiger partial charge in [0.1, 0.15) is 26.0 Å². The van der Waals surface area contributed by atoms with E-state index in [2.05, 4.69) is 0 Å². The van der Waals surface area contributed by atoms with Crippen LogP contribution in [0, 0.1) is 0 Å². The Morgan fingerprint density at radius 3 is 1.91 bits per heavy atom. The second-order valence-electron chi connectivity index (χ2n) is 3.89. The molecule has 3 N–H and O–H groups in total. The number of benzene rings is 2. The molecule has 8 nitrogen and oxygen atoms in total. The third-order valence-electron chi connectivity index (χ3n) is 2.64. The quantitative estimate of drug-likeness (QED) is 0.312. The maximum Gasteiger partial charge on any atom is 1.00 e. The van der Waals surface area contributed by atoms with Gasteiger partial charge < -0.3 is 19.9 Å². The number of nitrogen functional groups attached to an aromatic ring is 1. The SMILES string of the molecule is Nc1c(S(=O)(=O)[O-])cc(S(=O)(=O)[O-])c2cccc(O)c12.[Li+].[Li+]. The molecular weight excluding hydrogens is 324 g/mol. The number of hydrogen-bond donors (Lipinski definition) is 2. The molecule has 0 spiro atoms. The first-order chi connectivity index (χ1) is 9.03. The van der Waals surface area contributed by atoms with Crippen molar-refractivity contribution >= 4 is 36.7 Å². The van der Waals surface area contributed by atoms with Gasteiger partial charge in [0.05, 0.1) is 15.5 Å². The van der Waals surface area contributed by atoms with Crippen molar-refractivity contribution in [2.24, 2.45) is 0 Å². The van der Waals surface area contributed by atoms with E-state index in [1.165, 1.54) is 6.07 Å². The molecule has 108 valence electrons. The molecule has 0 heterocycles. The first-order valence-electron chi connectivity index (χ1n) is 4.99. The number of phenols is 1. The van der Waals surface area contributed by atoms with Gasteiger partial charge >= 0.3 is 37.7 Å². The zero-order valence-electron chi connectivity index (χ0n) is 11.6. The molecule has 0 radical (unpaired) electrons. The van der Waals surface area contributed by atoms with E-state index >= 15 is 0 Å². The summed E-state index contributed by atoms with van der Waals surface area (Å²) in [5.74, 6) is -0.546. The van der Waals surface area contributed by atoms with E-state index in [1.807, 2.05) is 0 Å². The van der Waals surface area contributed by atoms with Crippen LogP contribution in [0.2, 0.25) is 0 Å². The molecule has 0 saturated carbocycles. The van der Waals surface area contributed by atoms with E-state index in [0.29, 0.717) is 6.07 Å². The molecule has 0 aliphatic rings. The van der Waals surface area contributed by atoms with Gasteiger partial charge in [0.25, 0.3) is 0 Å². The van der Waals surface area contributed by atoms with E-state index in [1.54, 1.807) is 0 Å². The fourth-order valence-corrected chi connectivity index (χ4v) is 3.25. The molecular formula is C10H7Li2NO7S2. The third kappa shape index (κ3) is 3.80. The number of rotatable bonds is 2. The third-order valence-corrected chi connectivity index (χ3v) is 4.40. The summed E-state index contributed by atoms with van der Waals surface area (Å²) in [6, 6.07) is 3.93. The van der Waals surface area contributed by atoms with Gasteiger partial charge in [0, 0.05) is 10.8 Å². The molecule has 2 aromatic rings. The van der Waals surface area contributed by atoms with Crippen molar-refractivity contribution in [3.63, 3.8) is 0 Å². The standard InChI is InChI=1S/C10H9NO7S2.2Li/c11-10-8(20(16,17)18)4-7(19(13,14)15)5-2-1-3-6(12)9(5)10;;/h1-4,12H,11H2,(H,13,14,15)(H,16,17,18);;/q;2*+1/p-2. The largest absolute Gasteiger partial charge is 1.00 e. The second-order valence-corrected chi connectivity index (χ2v) is 6.59. The number of aromatic hydroxyl groups is 1. The number of anilines is 1. The van der Waals surface area contributed by atoms with Crippen LogP contribution in [0.5, 0.6) is 5.75 Å². The van der Waals surface area contributed by atoms with Crippen LogP contribution < -0.4 is 43.5 Å². The Morgan fingerprint density at radius 2 is 1.45 bits per heavy atom. The van der Waals surface area contributed by atoms with Gasteiger partial charge in [-0.05, 0) is 12.1 Å². The Labute approximate surface area is 150 Å². The average molecular weight is 331 g/mol. The minimum absolute atomic E-state index is 0. The van der Waals surface area contributed by atoms with Gasteiger partial charge in [-0.3, -0.25) is 0 Å². The van der Waals surface area contributed by atoms with Crippen LogP contribution >= 0.6 is 0 Å². The summed E-state index contributed by atoms with van der Waals surface area (Å²) in [6.45, 7) is 0. The van der Waals surface area contributed by atoms with Crippen molar-refractivity contribution in [1.82, 2.24) is 0 Å². The van der Waals surface area contributed by atoms with Crippen LogP contribution in [-0.2, 0) is 20.2 Å². The fourth-order valence-electron chi connectivity index (χ4n) is 1.84. The molecule has 0 aliphatic carbocycles. The molecule has 22 heavy (non-hydrogen) atoms. The Hall–Kier alpha value is -0.685. The van der Waals surface area contributed by atoms with Gasteiger partial charge in [0.2, 0.25) is 0 Å². The van der Waals surface area contributed by atoms with Gasteiger partial charge in [-0.25, -0.2) is 16.8 Å². The zero-order chi connectivity index (χ0) is 15.3. The summed E-state index contributed by atoms with van der Waals surface area (Å²) in [5, 5.41) is 9.02.